The molecule has 1 aliphatic heterocycles. The summed E-state index contributed by atoms with van der Waals surface area (Å²) >= 11 is 0. The van der Waals surface area contributed by atoms with Gasteiger partial charge >= 0.3 is 18.0 Å². The van der Waals surface area contributed by atoms with Gasteiger partial charge in [-0.15, -0.1) is 0 Å². The second-order valence-corrected chi connectivity index (χ2v) is 4.81. The molecular weight excluding hydrogens is 330 g/mol. The number of ether oxygens (including phenoxy) is 1. The SMILES string of the molecule is CN(C1=NCCO1)c1ccc(C(F)(F)C(O)(F)C(F)(F)F)cc1. The average molecular weight is 342 g/mol. The summed E-state index contributed by atoms with van der Waals surface area (Å²) < 4.78 is 82.5. The molecule has 23 heavy (non-hydrogen) atoms. The molecule has 0 aliphatic carbocycles. The minimum atomic E-state index is -6.14. The zero-order valence-electron chi connectivity index (χ0n) is 11.7. The first-order valence-electron chi connectivity index (χ1n) is 6.36. The van der Waals surface area contributed by atoms with Crippen LogP contribution in [0.2, 0.25) is 0 Å². The first kappa shape index (κ1) is 17.4. The van der Waals surface area contributed by atoms with E-state index in [4.69, 9.17) is 9.84 Å². The number of aliphatic hydroxyl groups is 1. The van der Waals surface area contributed by atoms with Gasteiger partial charge in [-0.2, -0.15) is 26.3 Å². The van der Waals surface area contributed by atoms with Gasteiger partial charge in [0, 0.05) is 18.3 Å². The van der Waals surface area contributed by atoms with Crippen molar-refractivity contribution < 1.29 is 36.2 Å². The molecule has 1 heterocycles. The minimum absolute atomic E-state index is 0.224. The highest BCUT2D eigenvalue weighted by Crippen LogP contribution is 2.49. The Kier molecular flexibility index (Phi) is 4.22. The summed E-state index contributed by atoms with van der Waals surface area (Å²) in [5.74, 6) is -10.8. The Morgan fingerprint density at radius 1 is 1.09 bits per heavy atom. The molecule has 2 rings (SSSR count). The summed E-state index contributed by atoms with van der Waals surface area (Å²) in [6.45, 7) is 0.784. The molecule has 1 aromatic rings. The molecule has 0 saturated heterocycles. The first-order valence-corrected chi connectivity index (χ1v) is 6.36. The molecule has 0 aromatic heterocycles. The van der Waals surface area contributed by atoms with Crippen LogP contribution in [0.25, 0.3) is 0 Å². The summed E-state index contributed by atoms with van der Waals surface area (Å²) in [5, 5.41) is 8.59. The Morgan fingerprint density at radius 2 is 1.65 bits per heavy atom. The zero-order chi connectivity index (χ0) is 17.5. The summed E-state index contributed by atoms with van der Waals surface area (Å²) in [4.78, 5) is 5.37. The van der Waals surface area contributed by atoms with Gasteiger partial charge in [-0.3, -0.25) is 4.90 Å². The summed E-state index contributed by atoms with van der Waals surface area (Å²) in [6, 6.07) is 3.50. The molecule has 1 unspecified atom stereocenters. The van der Waals surface area contributed by atoms with Crippen molar-refractivity contribution in [3.8, 4) is 0 Å². The van der Waals surface area contributed by atoms with Crippen molar-refractivity contribution >= 4 is 11.7 Å². The Bertz CT molecular complexity index is 597. The van der Waals surface area contributed by atoms with Crippen LogP contribution in [0.3, 0.4) is 0 Å². The highest BCUT2D eigenvalue weighted by Gasteiger charge is 2.71. The molecule has 0 saturated carbocycles. The van der Waals surface area contributed by atoms with E-state index in [9.17, 15) is 26.3 Å². The number of hydrogen-bond donors (Lipinski definition) is 1. The summed E-state index contributed by atoms with van der Waals surface area (Å²) in [6.07, 6.45) is -6.14. The van der Waals surface area contributed by atoms with Gasteiger partial charge < -0.3 is 9.84 Å². The van der Waals surface area contributed by atoms with E-state index in [1.54, 1.807) is 0 Å². The number of halogens is 6. The molecule has 0 amide bonds. The Labute approximate surface area is 127 Å². The van der Waals surface area contributed by atoms with Gasteiger partial charge in [-0.05, 0) is 12.1 Å². The number of anilines is 1. The second-order valence-electron chi connectivity index (χ2n) is 4.81. The van der Waals surface area contributed by atoms with Crippen LogP contribution >= 0.6 is 0 Å². The molecule has 10 heteroatoms. The van der Waals surface area contributed by atoms with E-state index in [1.165, 1.54) is 11.9 Å². The van der Waals surface area contributed by atoms with Crippen LogP contribution in [-0.4, -0.2) is 43.4 Å². The largest absolute Gasteiger partial charge is 0.463 e. The zero-order valence-corrected chi connectivity index (χ0v) is 11.7. The lowest BCUT2D eigenvalue weighted by molar-refractivity contribution is -0.390. The first-order chi connectivity index (χ1) is 10.5. The van der Waals surface area contributed by atoms with Gasteiger partial charge in [0.05, 0.1) is 6.54 Å². The van der Waals surface area contributed by atoms with Gasteiger partial charge in [0.15, 0.2) is 0 Å². The van der Waals surface area contributed by atoms with Crippen LogP contribution in [0, 0.1) is 0 Å². The smallest absolute Gasteiger partial charge is 0.455 e. The standard InChI is InChI=1S/C13H12F6N2O2/c1-21(10-20-6-7-23-10)9-4-2-8(3-5-9)11(14,15)12(16,22)13(17,18)19/h2-5,22H,6-7H2,1H3. The monoisotopic (exact) mass is 342 g/mol. The number of alkyl halides is 6. The normalized spacial score (nSPS) is 18.2. The van der Waals surface area contributed by atoms with E-state index in [1.807, 2.05) is 0 Å². The van der Waals surface area contributed by atoms with E-state index >= 15 is 0 Å². The van der Waals surface area contributed by atoms with Crippen molar-refractivity contribution in [2.75, 3.05) is 25.1 Å². The van der Waals surface area contributed by atoms with Gasteiger partial charge in [0.2, 0.25) is 0 Å². The van der Waals surface area contributed by atoms with Crippen molar-refractivity contribution in [1.82, 2.24) is 0 Å². The Morgan fingerprint density at radius 3 is 2.09 bits per heavy atom. The third-order valence-electron chi connectivity index (χ3n) is 3.27. The van der Waals surface area contributed by atoms with E-state index < -0.39 is 23.5 Å². The molecule has 1 aromatic carbocycles. The maximum atomic E-state index is 13.7. The van der Waals surface area contributed by atoms with Gasteiger partial charge in [-0.25, -0.2) is 4.99 Å². The fourth-order valence-electron chi connectivity index (χ4n) is 1.90. The van der Waals surface area contributed by atoms with Crippen molar-refractivity contribution in [2.24, 2.45) is 4.99 Å². The van der Waals surface area contributed by atoms with Crippen molar-refractivity contribution in [3.05, 3.63) is 29.8 Å². The number of benzene rings is 1. The van der Waals surface area contributed by atoms with Crippen molar-refractivity contribution in [2.45, 2.75) is 18.0 Å². The average Bonchev–Trinajstić information content (AvgIpc) is 2.99. The number of nitrogens with zero attached hydrogens (tertiary/aromatic N) is 2. The van der Waals surface area contributed by atoms with Crippen LogP contribution in [-0.2, 0) is 10.7 Å². The Balaban J connectivity index is 2.28. The fourth-order valence-corrected chi connectivity index (χ4v) is 1.90. The lowest BCUT2D eigenvalue weighted by Crippen LogP contribution is -2.53. The van der Waals surface area contributed by atoms with Crippen LogP contribution < -0.4 is 4.90 Å². The maximum absolute atomic E-state index is 13.7. The highest BCUT2D eigenvalue weighted by atomic mass is 19.4. The highest BCUT2D eigenvalue weighted by molar-refractivity contribution is 5.91. The van der Waals surface area contributed by atoms with Crippen LogP contribution in [0.5, 0.6) is 0 Å². The predicted molar refractivity (Wildman–Crippen MR) is 69.1 cm³/mol. The number of rotatable bonds is 3. The molecule has 1 aliphatic rings. The number of hydrogen-bond acceptors (Lipinski definition) is 4. The van der Waals surface area contributed by atoms with Crippen LogP contribution in [0.1, 0.15) is 5.56 Å². The molecule has 0 radical (unpaired) electrons. The Hall–Kier alpha value is -1.97. The van der Waals surface area contributed by atoms with Crippen LogP contribution in [0.4, 0.5) is 32.0 Å². The van der Waals surface area contributed by atoms with E-state index in [-0.39, 0.29) is 6.02 Å². The molecule has 1 atom stereocenters. The van der Waals surface area contributed by atoms with Gasteiger partial charge in [0.1, 0.15) is 6.61 Å². The molecule has 1 N–H and O–H groups in total. The second kappa shape index (κ2) is 5.59. The van der Waals surface area contributed by atoms with Gasteiger partial charge in [0.25, 0.3) is 6.02 Å². The predicted octanol–water partition coefficient (Wildman–Crippen LogP) is 2.82. The number of amidine groups is 1. The number of aliphatic imine (C=N–C) groups is 1. The fraction of sp³-hybridized carbons (Fsp3) is 0.462. The quantitative estimate of drug-likeness (QED) is 0.860. The van der Waals surface area contributed by atoms with E-state index in [0.717, 1.165) is 12.1 Å². The third kappa shape index (κ3) is 2.94. The van der Waals surface area contributed by atoms with E-state index in [0.29, 0.717) is 31.0 Å². The topological polar surface area (TPSA) is 45.1 Å². The molecule has 4 nitrogen and oxygen atoms in total. The molecule has 0 spiro atoms. The molecular formula is C13H12F6N2O2. The molecule has 0 bridgehead atoms. The van der Waals surface area contributed by atoms with E-state index in [2.05, 4.69) is 4.99 Å². The maximum Gasteiger partial charge on any atom is 0.455 e. The summed E-state index contributed by atoms with van der Waals surface area (Å²) in [7, 11) is 1.51. The third-order valence-corrected chi connectivity index (χ3v) is 3.27. The van der Waals surface area contributed by atoms with Gasteiger partial charge in [-0.1, -0.05) is 12.1 Å². The summed E-state index contributed by atoms with van der Waals surface area (Å²) in [5.41, 5.74) is -1.02. The van der Waals surface area contributed by atoms with Crippen molar-refractivity contribution in [1.29, 1.82) is 0 Å². The van der Waals surface area contributed by atoms with Crippen molar-refractivity contribution in [3.63, 3.8) is 0 Å². The minimum Gasteiger partial charge on any atom is -0.463 e. The van der Waals surface area contributed by atoms with Crippen LogP contribution in [0.15, 0.2) is 29.3 Å². The lowest BCUT2D eigenvalue weighted by Gasteiger charge is -2.30. The molecule has 128 valence electrons. The molecule has 0 fully saturated rings. The lowest BCUT2D eigenvalue weighted by atomic mass is 10.0.